The number of benzene rings is 1. The molecule has 1 amide bonds. The minimum absolute atomic E-state index is 0.0244. The molecule has 162 valence electrons. The summed E-state index contributed by atoms with van der Waals surface area (Å²) >= 11 is 0. The number of carbonyl (C=O) groups excluding carboxylic acids is 2. The number of hydrogen-bond donors (Lipinski definition) is 1. The van der Waals surface area contributed by atoms with E-state index in [1.807, 2.05) is 31.1 Å². The zero-order chi connectivity index (χ0) is 21.4. The first-order valence-electron chi connectivity index (χ1n) is 10.0. The molecule has 0 unspecified atom stereocenters. The molecule has 1 N–H and O–H groups in total. The second-order valence-electron chi connectivity index (χ2n) is 7.71. The number of fused-ring (bicyclic) bond motifs is 1. The summed E-state index contributed by atoms with van der Waals surface area (Å²) < 4.78 is 38.6. The Balaban J connectivity index is 1.92. The fraction of sp³-hybridized carbons (Fsp3) is 0.619. The third-order valence-corrected chi connectivity index (χ3v) is 5.07. The van der Waals surface area contributed by atoms with Gasteiger partial charge in [0, 0.05) is 25.1 Å². The summed E-state index contributed by atoms with van der Waals surface area (Å²) in [6.45, 7) is 2.32. The van der Waals surface area contributed by atoms with Gasteiger partial charge in [-0.05, 0) is 76.6 Å². The fourth-order valence-electron chi connectivity index (χ4n) is 3.49. The lowest BCUT2D eigenvalue weighted by molar-refractivity contribution is -0.185. The van der Waals surface area contributed by atoms with Gasteiger partial charge in [0.1, 0.15) is 0 Å². The van der Waals surface area contributed by atoms with Gasteiger partial charge in [-0.15, -0.1) is 0 Å². The number of amides is 1. The third kappa shape index (κ3) is 7.44. The molecule has 0 saturated carbocycles. The van der Waals surface area contributed by atoms with E-state index < -0.39 is 12.1 Å². The molecule has 0 atom stereocenters. The van der Waals surface area contributed by atoms with Gasteiger partial charge in [-0.25, -0.2) is 0 Å². The van der Waals surface area contributed by atoms with Crippen LogP contribution in [0.15, 0.2) is 18.2 Å². The summed E-state index contributed by atoms with van der Waals surface area (Å²) in [4.78, 5) is 26.9. The molecule has 0 bridgehead atoms. The van der Waals surface area contributed by atoms with Crippen molar-refractivity contribution >= 4 is 11.7 Å². The molecule has 2 rings (SSSR count). The van der Waals surface area contributed by atoms with Crippen LogP contribution in [0.3, 0.4) is 0 Å². The average Bonchev–Trinajstić information content (AvgIpc) is 2.89. The number of Topliss-reactive ketones (excluding diaryl/α,β-unsaturated/α-hetero) is 1. The molecule has 1 heterocycles. The van der Waals surface area contributed by atoms with Crippen LogP contribution in [-0.4, -0.2) is 74.5 Å². The predicted molar refractivity (Wildman–Crippen MR) is 106 cm³/mol. The van der Waals surface area contributed by atoms with E-state index in [9.17, 15) is 22.8 Å². The topological polar surface area (TPSA) is 52.6 Å². The molecule has 29 heavy (non-hydrogen) atoms. The summed E-state index contributed by atoms with van der Waals surface area (Å²) in [5.74, 6) is -1.93. The van der Waals surface area contributed by atoms with Crippen molar-refractivity contribution in [2.24, 2.45) is 0 Å². The highest BCUT2D eigenvalue weighted by Gasteiger charge is 2.42. The highest BCUT2D eigenvalue weighted by atomic mass is 19.4. The summed E-state index contributed by atoms with van der Waals surface area (Å²) in [6, 6.07) is 5.67. The van der Waals surface area contributed by atoms with E-state index in [4.69, 9.17) is 0 Å². The molecule has 0 radical (unpaired) electrons. The Bertz CT molecular complexity index is 705. The number of rotatable bonds is 9. The average molecular weight is 413 g/mol. The summed E-state index contributed by atoms with van der Waals surface area (Å²) in [5, 5.41) is 3.32. The lowest BCUT2D eigenvalue weighted by Gasteiger charge is -2.24. The van der Waals surface area contributed by atoms with Crippen LogP contribution in [0.25, 0.3) is 0 Å². The normalized spacial score (nSPS) is 14.4. The van der Waals surface area contributed by atoms with E-state index in [1.165, 1.54) is 5.56 Å². The molecule has 5 nitrogen and oxygen atoms in total. The maximum Gasteiger partial charge on any atom is 0.471 e. The standard InChI is InChI=1S/C21H30F3N3O2/c1-26(2)12-4-14-27(20(29)21(22,23)24)13-3-5-19(28)18-7-6-16-8-10-25-11-9-17(16)15-18/h6-7,15,25H,3-5,8-14H2,1-2H3. The van der Waals surface area contributed by atoms with Gasteiger partial charge in [-0.2, -0.15) is 13.2 Å². The number of alkyl halides is 3. The summed E-state index contributed by atoms with van der Waals surface area (Å²) in [5.41, 5.74) is 2.97. The van der Waals surface area contributed by atoms with Crippen LogP contribution in [0, 0.1) is 0 Å². The number of hydrogen-bond acceptors (Lipinski definition) is 4. The Labute approximate surface area is 170 Å². The highest BCUT2D eigenvalue weighted by molar-refractivity contribution is 5.96. The van der Waals surface area contributed by atoms with Crippen molar-refractivity contribution < 1.29 is 22.8 Å². The van der Waals surface area contributed by atoms with Crippen molar-refractivity contribution in [2.45, 2.75) is 38.3 Å². The molecular formula is C21H30F3N3O2. The van der Waals surface area contributed by atoms with Crippen molar-refractivity contribution in [3.05, 3.63) is 34.9 Å². The Kier molecular flexibility index (Phi) is 8.64. The van der Waals surface area contributed by atoms with Crippen LogP contribution < -0.4 is 5.32 Å². The van der Waals surface area contributed by atoms with Crippen LogP contribution in [0.2, 0.25) is 0 Å². The highest BCUT2D eigenvalue weighted by Crippen LogP contribution is 2.20. The maximum absolute atomic E-state index is 12.9. The Hall–Kier alpha value is -1.93. The van der Waals surface area contributed by atoms with Crippen LogP contribution in [-0.2, 0) is 17.6 Å². The number of nitrogens with one attached hydrogen (secondary N) is 1. The molecule has 0 aliphatic carbocycles. The second kappa shape index (κ2) is 10.7. The van der Waals surface area contributed by atoms with Crippen LogP contribution in [0.5, 0.6) is 0 Å². The van der Waals surface area contributed by atoms with Crippen LogP contribution in [0.1, 0.15) is 40.7 Å². The van der Waals surface area contributed by atoms with Crippen molar-refractivity contribution in [2.75, 3.05) is 46.8 Å². The van der Waals surface area contributed by atoms with Crippen molar-refractivity contribution in [3.8, 4) is 0 Å². The van der Waals surface area contributed by atoms with E-state index in [1.54, 1.807) is 6.07 Å². The molecule has 1 aromatic carbocycles. The molecule has 1 aliphatic rings. The Morgan fingerprint density at radius 1 is 1.00 bits per heavy atom. The molecule has 0 fully saturated rings. The molecule has 1 aliphatic heterocycles. The first-order chi connectivity index (χ1) is 13.7. The van der Waals surface area contributed by atoms with Gasteiger partial charge in [0.25, 0.3) is 0 Å². The second-order valence-corrected chi connectivity index (χ2v) is 7.71. The fourth-order valence-corrected chi connectivity index (χ4v) is 3.49. The molecule has 0 spiro atoms. The monoisotopic (exact) mass is 413 g/mol. The van der Waals surface area contributed by atoms with Gasteiger partial charge in [0.05, 0.1) is 0 Å². The maximum atomic E-state index is 12.9. The zero-order valence-electron chi connectivity index (χ0n) is 17.1. The van der Waals surface area contributed by atoms with Crippen LogP contribution in [0.4, 0.5) is 13.2 Å². The summed E-state index contributed by atoms with van der Waals surface area (Å²) in [7, 11) is 3.65. The number of nitrogens with zero attached hydrogens (tertiary/aromatic N) is 2. The quantitative estimate of drug-likeness (QED) is 0.633. The number of carbonyl (C=O) groups is 2. The Morgan fingerprint density at radius 3 is 2.31 bits per heavy atom. The van der Waals surface area contributed by atoms with Gasteiger partial charge in [-0.3, -0.25) is 9.59 Å². The Morgan fingerprint density at radius 2 is 1.66 bits per heavy atom. The first-order valence-corrected chi connectivity index (χ1v) is 10.0. The molecule has 8 heteroatoms. The van der Waals surface area contributed by atoms with Crippen molar-refractivity contribution in [3.63, 3.8) is 0 Å². The van der Waals surface area contributed by atoms with E-state index in [-0.39, 0.29) is 31.7 Å². The van der Waals surface area contributed by atoms with Crippen molar-refractivity contribution in [1.82, 2.24) is 15.1 Å². The zero-order valence-corrected chi connectivity index (χ0v) is 17.1. The van der Waals surface area contributed by atoms with E-state index in [2.05, 4.69) is 5.32 Å². The molecular weight excluding hydrogens is 383 g/mol. The van der Waals surface area contributed by atoms with Gasteiger partial charge in [-0.1, -0.05) is 12.1 Å². The van der Waals surface area contributed by atoms with Crippen molar-refractivity contribution in [1.29, 1.82) is 0 Å². The van der Waals surface area contributed by atoms with Gasteiger partial charge < -0.3 is 15.1 Å². The van der Waals surface area contributed by atoms with Gasteiger partial charge >= 0.3 is 12.1 Å². The first kappa shape index (κ1) is 23.3. The lowest BCUT2D eigenvalue weighted by atomic mass is 9.97. The molecule has 1 aromatic rings. The minimum atomic E-state index is -4.90. The minimum Gasteiger partial charge on any atom is -0.335 e. The summed E-state index contributed by atoms with van der Waals surface area (Å²) in [6.07, 6.45) is -2.34. The largest absolute Gasteiger partial charge is 0.471 e. The van der Waals surface area contributed by atoms with Gasteiger partial charge in [0.2, 0.25) is 0 Å². The van der Waals surface area contributed by atoms with E-state index >= 15 is 0 Å². The predicted octanol–water partition coefficient (Wildman–Crippen LogP) is 2.68. The number of ketones is 1. The molecule has 0 aromatic heterocycles. The number of halogens is 3. The van der Waals surface area contributed by atoms with E-state index in [0.717, 1.165) is 36.4 Å². The SMILES string of the molecule is CN(C)CCCN(CCCC(=O)c1ccc2c(c1)CCNCC2)C(=O)C(F)(F)F. The van der Waals surface area contributed by atoms with E-state index in [0.29, 0.717) is 18.5 Å². The van der Waals surface area contributed by atoms with Crippen LogP contribution >= 0.6 is 0 Å². The van der Waals surface area contributed by atoms with Gasteiger partial charge in [0.15, 0.2) is 5.78 Å². The lowest BCUT2D eigenvalue weighted by Crippen LogP contribution is -2.42. The smallest absolute Gasteiger partial charge is 0.335 e. The third-order valence-electron chi connectivity index (χ3n) is 5.07. The molecule has 0 saturated heterocycles.